The highest BCUT2D eigenvalue weighted by molar-refractivity contribution is 8.02. The second-order valence-electron chi connectivity index (χ2n) is 8.66. The largest absolute Gasteiger partial charge is 0.453 e. The lowest BCUT2D eigenvalue weighted by Gasteiger charge is -2.31. The van der Waals surface area contributed by atoms with Crippen LogP contribution in [0.15, 0.2) is 29.2 Å². The molecular formula is C21H26N2O6S2. The monoisotopic (exact) mass is 466 g/mol. The van der Waals surface area contributed by atoms with Crippen molar-refractivity contribution in [2.75, 3.05) is 29.6 Å². The van der Waals surface area contributed by atoms with E-state index in [4.69, 9.17) is 4.74 Å². The van der Waals surface area contributed by atoms with Gasteiger partial charge < -0.3 is 9.64 Å². The lowest BCUT2D eigenvalue weighted by atomic mass is 10.1. The summed E-state index contributed by atoms with van der Waals surface area (Å²) in [7, 11) is -3.15. The maximum atomic E-state index is 13.1. The van der Waals surface area contributed by atoms with Crippen LogP contribution in [0.25, 0.3) is 0 Å². The van der Waals surface area contributed by atoms with Crippen molar-refractivity contribution in [1.29, 1.82) is 0 Å². The van der Waals surface area contributed by atoms with Gasteiger partial charge in [0.05, 0.1) is 17.2 Å². The van der Waals surface area contributed by atoms with Gasteiger partial charge in [-0.15, -0.1) is 0 Å². The first-order valence-electron chi connectivity index (χ1n) is 10.4. The number of amides is 2. The van der Waals surface area contributed by atoms with Gasteiger partial charge >= 0.3 is 5.97 Å². The molecule has 8 nitrogen and oxygen atoms in total. The van der Waals surface area contributed by atoms with Crippen LogP contribution in [-0.2, 0) is 29.0 Å². The van der Waals surface area contributed by atoms with E-state index < -0.39 is 39.2 Å². The van der Waals surface area contributed by atoms with Gasteiger partial charge in [0.15, 0.2) is 21.3 Å². The summed E-state index contributed by atoms with van der Waals surface area (Å²) in [5.41, 5.74) is 0.691. The van der Waals surface area contributed by atoms with Crippen molar-refractivity contribution < 1.29 is 27.5 Å². The van der Waals surface area contributed by atoms with Gasteiger partial charge in [-0.3, -0.25) is 14.5 Å². The molecule has 0 bridgehead atoms. The van der Waals surface area contributed by atoms with E-state index in [9.17, 15) is 22.8 Å². The van der Waals surface area contributed by atoms with E-state index in [0.717, 1.165) is 4.90 Å². The van der Waals surface area contributed by atoms with Crippen molar-refractivity contribution in [2.24, 2.45) is 5.92 Å². The molecule has 2 unspecified atom stereocenters. The van der Waals surface area contributed by atoms with Crippen molar-refractivity contribution in [3.05, 3.63) is 24.3 Å². The number of esters is 1. The molecule has 0 aromatic heterocycles. The second-order valence-corrected chi connectivity index (χ2v) is 12.2. The van der Waals surface area contributed by atoms with Gasteiger partial charge in [-0.1, -0.05) is 37.7 Å². The van der Waals surface area contributed by atoms with E-state index in [1.807, 2.05) is 32.0 Å². The lowest BCUT2D eigenvalue weighted by Crippen LogP contribution is -2.50. The van der Waals surface area contributed by atoms with Gasteiger partial charge in [-0.2, -0.15) is 0 Å². The summed E-state index contributed by atoms with van der Waals surface area (Å²) in [5, 5.41) is 0. The Labute approximate surface area is 186 Å². The lowest BCUT2D eigenvalue weighted by molar-refractivity contribution is -0.155. The van der Waals surface area contributed by atoms with Gasteiger partial charge in [0, 0.05) is 30.3 Å². The van der Waals surface area contributed by atoms with Crippen molar-refractivity contribution in [2.45, 2.75) is 48.9 Å². The van der Waals surface area contributed by atoms with Crippen LogP contribution in [0.1, 0.15) is 33.1 Å². The molecule has 31 heavy (non-hydrogen) atoms. The van der Waals surface area contributed by atoms with Crippen LogP contribution in [0.5, 0.6) is 0 Å². The molecule has 168 valence electrons. The van der Waals surface area contributed by atoms with Crippen LogP contribution in [-0.4, -0.2) is 66.7 Å². The Bertz CT molecular complexity index is 1020. The predicted octanol–water partition coefficient (Wildman–Crippen LogP) is 1.83. The van der Waals surface area contributed by atoms with Gasteiger partial charge in [0.25, 0.3) is 5.91 Å². The molecule has 2 fully saturated rings. The molecule has 0 saturated carbocycles. The van der Waals surface area contributed by atoms with Crippen LogP contribution in [0.2, 0.25) is 0 Å². The fourth-order valence-corrected chi connectivity index (χ4v) is 7.61. The zero-order valence-electron chi connectivity index (χ0n) is 17.6. The van der Waals surface area contributed by atoms with Gasteiger partial charge in [0.1, 0.15) is 0 Å². The summed E-state index contributed by atoms with van der Waals surface area (Å²) in [5.74, 6) is -1.01. The maximum Gasteiger partial charge on any atom is 0.344 e. The molecule has 0 N–H and O–H groups in total. The molecule has 1 aromatic rings. The smallest absolute Gasteiger partial charge is 0.344 e. The minimum atomic E-state index is -3.15. The highest BCUT2D eigenvalue weighted by atomic mass is 32.2. The van der Waals surface area contributed by atoms with Crippen molar-refractivity contribution in [3.8, 4) is 0 Å². The minimum absolute atomic E-state index is 0.0587. The third kappa shape index (κ3) is 4.07. The molecule has 0 aliphatic carbocycles. The molecule has 3 heterocycles. The Kier molecular flexibility index (Phi) is 5.80. The molecule has 0 radical (unpaired) electrons. The number of sulfone groups is 1. The number of fused-ring (bicyclic) bond motifs is 3. The fraction of sp³-hybridized carbons (Fsp3) is 0.571. The van der Waals surface area contributed by atoms with E-state index in [2.05, 4.69) is 0 Å². The zero-order valence-corrected chi connectivity index (χ0v) is 19.2. The predicted molar refractivity (Wildman–Crippen MR) is 116 cm³/mol. The topological polar surface area (TPSA) is 101 Å². The van der Waals surface area contributed by atoms with Crippen molar-refractivity contribution >= 4 is 45.1 Å². The van der Waals surface area contributed by atoms with Gasteiger partial charge in [-0.05, 0) is 24.5 Å². The minimum Gasteiger partial charge on any atom is -0.453 e. The van der Waals surface area contributed by atoms with Crippen LogP contribution in [0, 0.1) is 5.92 Å². The number of rotatable bonds is 6. The molecular weight excluding hydrogens is 440 g/mol. The number of nitrogens with zero attached hydrogens (tertiary/aromatic N) is 2. The number of hydrogen-bond acceptors (Lipinski definition) is 7. The maximum absolute atomic E-state index is 13.1. The van der Waals surface area contributed by atoms with Crippen LogP contribution in [0.4, 0.5) is 5.69 Å². The zero-order chi connectivity index (χ0) is 22.4. The van der Waals surface area contributed by atoms with Gasteiger partial charge in [-0.25, -0.2) is 13.2 Å². The average Bonchev–Trinajstić information content (AvgIpc) is 3.35. The molecule has 10 heteroatoms. The summed E-state index contributed by atoms with van der Waals surface area (Å²) >= 11 is 1.29. The molecule has 0 spiro atoms. The number of carbonyl (C=O) groups excluding carboxylic acids is 3. The first-order valence-corrected chi connectivity index (χ1v) is 13.0. The molecule has 2 amide bonds. The number of anilines is 1. The summed E-state index contributed by atoms with van der Waals surface area (Å²) in [6, 6.07) is 6.93. The molecule has 2 saturated heterocycles. The number of carbonyl (C=O) groups is 3. The molecule has 3 aliphatic heterocycles. The quantitative estimate of drug-likeness (QED) is 0.590. The van der Waals surface area contributed by atoms with E-state index in [-0.39, 0.29) is 29.8 Å². The number of thioether (sulfide) groups is 1. The summed E-state index contributed by atoms with van der Waals surface area (Å²) < 4.78 is 29.2. The van der Waals surface area contributed by atoms with Crippen molar-refractivity contribution in [1.82, 2.24) is 4.90 Å². The van der Waals surface area contributed by atoms with Crippen LogP contribution < -0.4 is 4.90 Å². The van der Waals surface area contributed by atoms with Crippen LogP contribution >= 0.6 is 11.8 Å². The summed E-state index contributed by atoms with van der Waals surface area (Å²) in [6.07, 6.45) is 0.949. The van der Waals surface area contributed by atoms with Crippen LogP contribution in [0.3, 0.4) is 0 Å². The Morgan fingerprint density at radius 2 is 2.06 bits per heavy atom. The van der Waals surface area contributed by atoms with E-state index in [0.29, 0.717) is 25.1 Å². The molecule has 2 atom stereocenters. The third-order valence-electron chi connectivity index (χ3n) is 5.85. The molecule has 1 aromatic carbocycles. The first kappa shape index (κ1) is 22.1. The Morgan fingerprint density at radius 1 is 1.32 bits per heavy atom. The number of hydrogen-bond donors (Lipinski definition) is 0. The third-order valence-corrected chi connectivity index (χ3v) is 9.06. The average molecular weight is 467 g/mol. The number of para-hydroxylation sites is 1. The Balaban J connectivity index is 1.47. The van der Waals surface area contributed by atoms with E-state index in [1.165, 1.54) is 21.6 Å². The molecule has 4 rings (SSSR count). The normalized spacial score (nSPS) is 26.1. The van der Waals surface area contributed by atoms with E-state index >= 15 is 0 Å². The first-order chi connectivity index (χ1) is 14.6. The number of benzene rings is 1. The van der Waals surface area contributed by atoms with E-state index in [1.54, 1.807) is 6.07 Å². The second kappa shape index (κ2) is 8.12. The summed E-state index contributed by atoms with van der Waals surface area (Å²) in [4.78, 5) is 41.3. The standard InChI is InChI=1S/C21H26N2O6S2/c1-14(2)11-22(15-8-10-31(27,28)13-15)19(25)12-29-20(26)21-9-7-18(24)23(21)16-5-3-4-6-17(16)30-21/h3-6,14-15H,7-13H2,1-2H3. The Morgan fingerprint density at radius 3 is 2.74 bits per heavy atom. The number of ether oxygens (including phenoxy) is 1. The highest BCUT2D eigenvalue weighted by Gasteiger charge is 2.58. The Hall–Kier alpha value is -2.07. The fourth-order valence-electron chi connectivity index (χ4n) is 4.46. The highest BCUT2D eigenvalue weighted by Crippen LogP contribution is 2.56. The molecule has 3 aliphatic rings. The summed E-state index contributed by atoms with van der Waals surface area (Å²) in [6.45, 7) is 3.82. The van der Waals surface area contributed by atoms with Crippen molar-refractivity contribution in [3.63, 3.8) is 0 Å². The van der Waals surface area contributed by atoms with Gasteiger partial charge in [0.2, 0.25) is 5.91 Å². The SMILES string of the molecule is CC(C)CN(C(=O)COC(=O)C12CCC(=O)N1c1ccccc1S2)C1CCS(=O)(=O)C1.